The fourth-order valence-electron chi connectivity index (χ4n) is 3.84. The highest BCUT2D eigenvalue weighted by atomic mass is 16.2. The van der Waals surface area contributed by atoms with Gasteiger partial charge in [0.2, 0.25) is 5.91 Å². The van der Waals surface area contributed by atoms with Crippen molar-refractivity contribution in [2.45, 2.75) is 77.2 Å². The monoisotopic (exact) mass is 280 g/mol. The van der Waals surface area contributed by atoms with Crippen molar-refractivity contribution in [1.29, 1.82) is 0 Å². The summed E-state index contributed by atoms with van der Waals surface area (Å²) in [5.41, 5.74) is 0. The van der Waals surface area contributed by atoms with Gasteiger partial charge in [-0.25, -0.2) is 0 Å². The van der Waals surface area contributed by atoms with Crippen molar-refractivity contribution in [2.75, 3.05) is 19.6 Å². The van der Waals surface area contributed by atoms with Gasteiger partial charge in [0.15, 0.2) is 0 Å². The smallest absolute Gasteiger partial charge is 0.222 e. The molecule has 1 amide bonds. The van der Waals surface area contributed by atoms with E-state index in [1.165, 1.54) is 51.4 Å². The van der Waals surface area contributed by atoms with E-state index >= 15 is 0 Å². The Morgan fingerprint density at radius 1 is 1.10 bits per heavy atom. The Bertz CT molecular complexity index is 287. The van der Waals surface area contributed by atoms with Gasteiger partial charge in [-0.05, 0) is 51.1 Å². The molecule has 0 aromatic rings. The number of piperidine rings is 1. The summed E-state index contributed by atoms with van der Waals surface area (Å²) in [6.07, 6.45) is 12.0. The van der Waals surface area contributed by atoms with E-state index < -0.39 is 0 Å². The van der Waals surface area contributed by atoms with Crippen LogP contribution in [0.5, 0.6) is 0 Å². The molecule has 0 spiro atoms. The van der Waals surface area contributed by atoms with Crippen molar-refractivity contribution < 1.29 is 4.79 Å². The Morgan fingerprint density at radius 2 is 1.85 bits per heavy atom. The fraction of sp³-hybridized carbons (Fsp3) is 0.941. The highest BCUT2D eigenvalue weighted by molar-refractivity contribution is 5.76. The molecule has 1 atom stereocenters. The lowest BCUT2D eigenvalue weighted by Gasteiger charge is -2.34. The lowest BCUT2D eigenvalue weighted by molar-refractivity contribution is -0.133. The molecule has 1 unspecified atom stereocenters. The van der Waals surface area contributed by atoms with Crippen molar-refractivity contribution in [1.82, 2.24) is 10.2 Å². The number of hydrogen-bond acceptors (Lipinski definition) is 2. The first-order chi connectivity index (χ1) is 9.83. The maximum atomic E-state index is 12.4. The minimum absolute atomic E-state index is 0.433. The second kappa shape index (κ2) is 8.66. The molecule has 2 saturated heterocycles. The van der Waals surface area contributed by atoms with Crippen molar-refractivity contribution in [2.24, 2.45) is 5.92 Å². The van der Waals surface area contributed by atoms with Crippen molar-refractivity contribution >= 4 is 5.91 Å². The fourth-order valence-corrected chi connectivity index (χ4v) is 3.84. The number of unbranched alkanes of at least 4 members (excludes halogenated alkanes) is 4. The summed E-state index contributed by atoms with van der Waals surface area (Å²) in [5.74, 6) is 1.19. The van der Waals surface area contributed by atoms with Crippen LogP contribution in [0, 0.1) is 5.92 Å². The van der Waals surface area contributed by atoms with Gasteiger partial charge in [0, 0.05) is 19.0 Å². The molecular formula is C17H32N2O. The molecule has 0 aromatic heterocycles. The first-order valence-corrected chi connectivity index (χ1v) is 8.83. The summed E-state index contributed by atoms with van der Waals surface area (Å²) in [4.78, 5) is 14.7. The topological polar surface area (TPSA) is 32.3 Å². The number of nitrogens with one attached hydrogen (secondary N) is 1. The van der Waals surface area contributed by atoms with Gasteiger partial charge in [-0.1, -0.05) is 32.6 Å². The van der Waals surface area contributed by atoms with Crippen LogP contribution in [-0.4, -0.2) is 36.5 Å². The number of nitrogens with zero attached hydrogens (tertiary/aromatic N) is 1. The van der Waals surface area contributed by atoms with E-state index in [0.717, 1.165) is 38.4 Å². The Labute approximate surface area is 124 Å². The predicted molar refractivity (Wildman–Crippen MR) is 83.7 cm³/mol. The highest BCUT2D eigenvalue weighted by Crippen LogP contribution is 2.30. The van der Waals surface area contributed by atoms with Gasteiger partial charge in [0.1, 0.15) is 0 Å². The third-order valence-electron chi connectivity index (χ3n) is 5.04. The Morgan fingerprint density at radius 3 is 2.60 bits per heavy atom. The van der Waals surface area contributed by atoms with Gasteiger partial charge in [-0.2, -0.15) is 0 Å². The summed E-state index contributed by atoms with van der Waals surface area (Å²) in [5, 5.41) is 3.43. The Hall–Kier alpha value is -0.570. The molecule has 2 aliphatic rings. The minimum Gasteiger partial charge on any atom is -0.339 e. The average Bonchev–Trinajstić information content (AvgIpc) is 2.97. The van der Waals surface area contributed by atoms with Crippen molar-refractivity contribution in [3.63, 3.8) is 0 Å². The molecule has 2 heterocycles. The molecule has 3 nitrogen and oxygen atoms in total. The lowest BCUT2D eigenvalue weighted by Crippen LogP contribution is -2.43. The van der Waals surface area contributed by atoms with Gasteiger partial charge in [-0.3, -0.25) is 4.79 Å². The number of hydrogen-bond donors (Lipinski definition) is 1. The quantitative estimate of drug-likeness (QED) is 0.725. The van der Waals surface area contributed by atoms with E-state index in [2.05, 4.69) is 17.1 Å². The van der Waals surface area contributed by atoms with Gasteiger partial charge >= 0.3 is 0 Å². The second-order valence-corrected chi connectivity index (χ2v) is 6.55. The van der Waals surface area contributed by atoms with Crippen molar-refractivity contribution in [3.05, 3.63) is 0 Å². The van der Waals surface area contributed by atoms with E-state index in [0.29, 0.717) is 11.9 Å². The summed E-state index contributed by atoms with van der Waals surface area (Å²) in [6, 6.07) is 0.556. The summed E-state index contributed by atoms with van der Waals surface area (Å²) in [6.45, 7) is 5.53. The lowest BCUT2D eigenvalue weighted by atomic mass is 9.88. The molecule has 20 heavy (non-hydrogen) atoms. The maximum Gasteiger partial charge on any atom is 0.222 e. The average molecular weight is 280 g/mol. The maximum absolute atomic E-state index is 12.4. The molecule has 2 rings (SSSR count). The zero-order valence-corrected chi connectivity index (χ0v) is 13.2. The predicted octanol–water partition coefficient (Wildman–Crippen LogP) is 3.34. The highest BCUT2D eigenvalue weighted by Gasteiger charge is 2.34. The zero-order valence-electron chi connectivity index (χ0n) is 13.2. The van der Waals surface area contributed by atoms with Gasteiger partial charge in [-0.15, -0.1) is 0 Å². The molecule has 0 aromatic carbocycles. The summed E-state index contributed by atoms with van der Waals surface area (Å²) in [7, 11) is 0. The molecule has 1 N–H and O–H groups in total. The van der Waals surface area contributed by atoms with Crippen LogP contribution in [0.2, 0.25) is 0 Å². The van der Waals surface area contributed by atoms with Crippen LogP contribution in [0.1, 0.15) is 71.1 Å². The first-order valence-electron chi connectivity index (χ1n) is 8.83. The summed E-state index contributed by atoms with van der Waals surface area (Å²) < 4.78 is 0. The van der Waals surface area contributed by atoms with Crippen LogP contribution in [0.25, 0.3) is 0 Å². The number of carbonyl (C=O) groups is 1. The van der Waals surface area contributed by atoms with E-state index in [9.17, 15) is 4.79 Å². The van der Waals surface area contributed by atoms with Crippen LogP contribution in [0.3, 0.4) is 0 Å². The van der Waals surface area contributed by atoms with E-state index in [1.54, 1.807) is 0 Å². The third-order valence-corrected chi connectivity index (χ3v) is 5.04. The van der Waals surface area contributed by atoms with Crippen LogP contribution >= 0.6 is 0 Å². The summed E-state index contributed by atoms with van der Waals surface area (Å²) >= 11 is 0. The third kappa shape index (κ3) is 4.47. The van der Waals surface area contributed by atoms with Gasteiger partial charge in [0.25, 0.3) is 0 Å². The molecular weight excluding hydrogens is 248 g/mol. The van der Waals surface area contributed by atoms with Crippen molar-refractivity contribution in [3.8, 4) is 0 Å². The number of amides is 1. The molecule has 2 fully saturated rings. The largest absolute Gasteiger partial charge is 0.339 e. The normalized spacial score (nSPS) is 24.2. The number of rotatable bonds is 7. The first kappa shape index (κ1) is 15.8. The Balaban J connectivity index is 1.73. The SMILES string of the molecule is CCCCCCCC(=O)N1CCCC1C1CCNCC1. The van der Waals surface area contributed by atoms with Crippen LogP contribution < -0.4 is 5.32 Å². The number of likely N-dealkylation sites (tertiary alicyclic amines) is 1. The van der Waals surface area contributed by atoms with Crippen LogP contribution in [0.15, 0.2) is 0 Å². The second-order valence-electron chi connectivity index (χ2n) is 6.55. The van der Waals surface area contributed by atoms with Crippen LogP contribution in [-0.2, 0) is 4.79 Å². The zero-order chi connectivity index (χ0) is 14.2. The molecule has 0 bridgehead atoms. The Kier molecular flexibility index (Phi) is 6.85. The van der Waals surface area contributed by atoms with Gasteiger partial charge < -0.3 is 10.2 Å². The van der Waals surface area contributed by atoms with E-state index in [4.69, 9.17) is 0 Å². The minimum atomic E-state index is 0.433. The molecule has 3 heteroatoms. The van der Waals surface area contributed by atoms with Gasteiger partial charge in [0.05, 0.1) is 0 Å². The molecule has 0 radical (unpaired) electrons. The van der Waals surface area contributed by atoms with E-state index in [1.807, 2.05) is 0 Å². The molecule has 0 saturated carbocycles. The molecule has 116 valence electrons. The van der Waals surface area contributed by atoms with Crippen LogP contribution in [0.4, 0.5) is 0 Å². The standard InChI is InChI=1S/C17H32N2O/c1-2-3-4-5-6-9-17(20)19-14-7-8-16(19)15-10-12-18-13-11-15/h15-16,18H,2-14H2,1H3. The molecule has 0 aliphatic carbocycles. The molecule has 2 aliphatic heterocycles. The number of carbonyl (C=O) groups excluding carboxylic acids is 1. The van der Waals surface area contributed by atoms with E-state index in [-0.39, 0.29) is 0 Å².